The zero-order valence-electron chi connectivity index (χ0n) is 22.6. The molecule has 2 rings (SSSR count). The maximum Gasteiger partial charge on any atom is 0.227 e. The molecule has 2 aromatic carbocycles. The average molecular weight is 463 g/mol. The second-order valence-electron chi connectivity index (χ2n) is 9.56. The summed E-state index contributed by atoms with van der Waals surface area (Å²) in [5.74, 6) is 0.738. The predicted octanol–water partition coefficient (Wildman–Crippen LogP) is 9.74. The van der Waals surface area contributed by atoms with Crippen LogP contribution in [0.25, 0.3) is 6.08 Å². The van der Waals surface area contributed by atoms with E-state index in [1.54, 1.807) is 6.08 Å². The van der Waals surface area contributed by atoms with E-state index in [1.807, 2.05) is 0 Å². The summed E-state index contributed by atoms with van der Waals surface area (Å²) < 4.78 is 0. The molecular formula is C32H46O2. The molecule has 186 valence electrons. The summed E-state index contributed by atoms with van der Waals surface area (Å²) in [6.45, 7) is 15.3. The van der Waals surface area contributed by atoms with E-state index in [-0.39, 0.29) is 11.5 Å². The fourth-order valence-corrected chi connectivity index (χ4v) is 5.29. The minimum absolute atomic E-state index is 0.158. The second-order valence-corrected chi connectivity index (χ2v) is 9.56. The van der Waals surface area contributed by atoms with Gasteiger partial charge in [0.05, 0.1) is 0 Å². The molecule has 34 heavy (non-hydrogen) atoms. The summed E-state index contributed by atoms with van der Waals surface area (Å²) >= 11 is 0. The lowest BCUT2D eigenvalue weighted by molar-refractivity contribution is 0.0978. The number of aliphatic hydroxyl groups excluding tert-OH is 1. The van der Waals surface area contributed by atoms with Gasteiger partial charge >= 0.3 is 0 Å². The smallest absolute Gasteiger partial charge is 0.227 e. The van der Waals surface area contributed by atoms with E-state index in [0.717, 1.165) is 56.1 Å². The van der Waals surface area contributed by atoms with Crippen LogP contribution in [0, 0.1) is 0 Å². The van der Waals surface area contributed by atoms with E-state index in [0.29, 0.717) is 23.3 Å². The second kappa shape index (κ2) is 13.5. The Bertz CT molecular complexity index is 957. The van der Waals surface area contributed by atoms with Crippen molar-refractivity contribution in [3.8, 4) is 0 Å². The number of hydrogen-bond acceptors (Lipinski definition) is 2. The number of rotatable bonds is 13. The number of carbonyl (C=O) groups excluding carboxylic acids is 1. The Labute approximate surface area is 208 Å². The van der Waals surface area contributed by atoms with E-state index in [9.17, 15) is 9.90 Å². The van der Waals surface area contributed by atoms with Crippen molar-refractivity contribution < 1.29 is 9.90 Å². The van der Waals surface area contributed by atoms with Gasteiger partial charge in [0, 0.05) is 5.56 Å². The lowest BCUT2D eigenvalue weighted by Gasteiger charge is -2.21. The van der Waals surface area contributed by atoms with Gasteiger partial charge < -0.3 is 5.11 Å². The van der Waals surface area contributed by atoms with E-state index in [1.165, 1.54) is 16.7 Å². The average Bonchev–Trinajstić information content (AvgIpc) is 2.87. The third-order valence-electron chi connectivity index (χ3n) is 7.71. The summed E-state index contributed by atoms with van der Waals surface area (Å²) in [4.78, 5) is 13.7. The standard InChI is InChI=1S/C32H46O2/c1-8-22-15-17-28(24(11-4)12-5)27(19-22)21-31(33)32(34)30-20-26(23(9-2)10-3)16-18-29(30)25(13-6)14-7/h15-21,23-25,33H,8-14H2,1-7H3. The highest BCUT2D eigenvalue weighted by atomic mass is 16.3. The third-order valence-corrected chi connectivity index (χ3v) is 7.71. The maximum absolute atomic E-state index is 13.7. The normalized spacial score (nSPS) is 12.2. The van der Waals surface area contributed by atoms with Crippen molar-refractivity contribution >= 4 is 11.9 Å². The van der Waals surface area contributed by atoms with Gasteiger partial charge in [-0.3, -0.25) is 4.79 Å². The van der Waals surface area contributed by atoms with Gasteiger partial charge in [0.2, 0.25) is 5.78 Å². The highest BCUT2D eigenvalue weighted by Gasteiger charge is 2.22. The lowest BCUT2D eigenvalue weighted by atomic mass is 9.84. The molecule has 0 heterocycles. The molecule has 0 bridgehead atoms. The molecule has 0 saturated carbocycles. The van der Waals surface area contributed by atoms with Crippen LogP contribution in [-0.2, 0) is 6.42 Å². The first-order valence-corrected chi connectivity index (χ1v) is 13.6. The summed E-state index contributed by atoms with van der Waals surface area (Å²) in [7, 11) is 0. The first kappa shape index (κ1) is 27.9. The van der Waals surface area contributed by atoms with Crippen LogP contribution in [0.15, 0.2) is 42.2 Å². The monoisotopic (exact) mass is 462 g/mol. The van der Waals surface area contributed by atoms with Gasteiger partial charge in [0.1, 0.15) is 0 Å². The van der Waals surface area contributed by atoms with Gasteiger partial charge in [0.25, 0.3) is 0 Å². The van der Waals surface area contributed by atoms with E-state index in [2.05, 4.69) is 84.9 Å². The third kappa shape index (κ3) is 6.40. The van der Waals surface area contributed by atoms with Crippen molar-refractivity contribution in [1.29, 1.82) is 0 Å². The first-order valence-electron chi connectivity index (χ1n) is 13.6. The van der Waals surface area contributed by atoms with Crippen molar-refractivity contribution in [1.82, 2.24) is 0 Å². The number of carbonyl (C=O) groups is 1. The van der Waals surface area contributed by atoms with Gasteiger partial charge in [-0.15, -0.1) is 0 Å². The molecule has 0 fully saturated rings. The molecule has 0 aromatic heterocycles. The minimum atomic E-state index is -0.257. The maximum atomic E-state index is 13.7. The summed E-state index contributed by atoms with van der Waals surface area (Å²) in [5.41, 5.74) is 6.33. The Morgan fingerprint density at radius 1 is 0.735 bits per heavy atom. The predicted molar refractivity (Wildman–Crippen MR) is 147 cm³/mol. The SMILES string of the molecule is CCc1ccc(C(CC)CC)c(C=C(O)C(=O)c2cc(C(CC)CC)ccc2C(CC)CC)c1. The molecule has 0 radical (unpaired) electrons. The van der Waals surface area contributed by atoms with E-state index >= 15 is 0 Å². The van der Waals surface area contributed by atoms with Gasteiger partial charge in [-0.2, -0.15) is 0 Å². The Morgan fingerprint density at radius 3 is 1.79 bits per heavy atom. The summed E-state index contributed by atoms with van der Waals surface area (Å²) in [6, 6.07) is 12.9. The van der Waals surface area contributed by atoms with Crippen LogP contribution < -0.4 is 0 Å². The molecule has 0 aliphatic carbocycles. The van der Waals surface area contributed by atoms with Gasteiger partial charge in [0.15, 0.2) is 5.76 Å². The Hall–Kier alpha value is -2.35. The Morgan fingerprint density at radius 2 is 1.26 bits per heavy atom. The molecule has 2 heteroatoms. The highest BCUT2D eigenvalue weighted by Crippen LogP contribution is 2.33. The Balaban J connectivity index is 2.63. The summed E-state index contributed by atoms with van der Waals surface area (Å²) in [6.07, 6.45) is 8.75. The number of allylic oxidation sites excluding steroid dienone is 1. The molecule has 1 N–H and O–H groups in total. The molecule has 0 unspecified atom stereocenters. The van der Waals surface area contributed by atoms with Crippen LogP contribution >= 0.6 is 0 Å². The Kier molecular flexibility index (Phi) is 11.1. The molecule has 2 nitrogen and oxygen atoms in total. The molecule has 0 aliphatic rings. The number of ketones is 1. The summed E-state index contributed by atoms with van der Waals surface area (Å²) in [5, 5.41) is 11.1. The molecule has 0 spiro atoms. The lowest BCUT2D eigenvalue weighted by Crippen LogP contribution is -2.12. The highest BCUT2D eigenvalue weighted by molar-refractivity contribution is 6.10. The van der Waals surface area contributed by atoms with Crippen LogP contribution in [0.3, 0.4) is 0 Å². The number of hydrogen-bond donors (Lipinski definition) is 1. The van der Waals surface area contributed by atoms with Crippen LogP contribution in [0.5, 0.6) is 0 Å². The van der Waals surface area contributed by atoms with Gasteiger partial charge in [-0.1, -0.05) is 78.8 Å². The van der Waals surface area contributed by atoms with Gasteiger partial charge in [-0.05, 0) is 103 Å². The van der Waals surface area contributed by atoms with Gasteiger partial charge in [-0.25, -0.2) is 0 Å². The zero-order valence-corrected chi connectivity index (χ0v) is 22.6. The van der Waals surface area contributed by atoms with E-state index < -0.39 is 0 Å². The molecule has 0 saturated heterocycles. The molecule has 0 amide bonds. The fraction of sp³-hybridized carbons (Fsp3) is 0.531. The molecule has 0 aliphatic heterocycles. The van der Waals surface area contributed by atoms with Crippen LogP contribution in [-0.4, -0.2) is 10.9 Å². The topological polar surface area (TPSA) is 37.3 Å². The number of benzene rings is 2. The molecule has 2 aromatic rings. The van der Waals surface area contributed by atoms with Crippen LogP contribution in [0.1, 0.15) is 143 Å². The first-order chi connectivity index (χ1) is 16.4. The minimum Gasteiger partial charge on any atom is -0.504 e. The quantitative estimate of drug-likeness (QED) is 0.183. The van der Waals surface area contributed by atoms with Crippen molar-refractivity contribution in [2.45, 2.75) is 111 Å². The van der Waals surface area contributed by atoms with Crippen LogP contribution in [0.4, 0.5) is 0 Å². The fourth-order valence-electron chi connectivity index (χ4n) is 5.29. The number of aliphatic hydroxyl groups is 1. The van der Waals surface area contributed by atoms with Crippen molar-refractivity contribution in [3.05, 3.63) is 75.5 Å². The van der Waals surface area contributed by atoms with E-state index in [4.69, 9.17) is 0 Å². The van der Waals surface area contributed by atoms with Crippen molar-refractivity contribution in [3.63, 3.8) is 0 Å². The molecule has 0 atom stereocenters. The molecular weight excluding hydrogens is 416 g/mol. The zero-order chi connectivity index (χ0) is 25.3. The number of Topliss-reactive ketones (excluding diaryl/α,β-unsaturated/α-hetero) is 1. The van der Waals surface area contributed by atoms with Crippen molar-refractivity contribution in [2.75, 3.05) is 0 Å². The van der Waals surface area contributed by atoms with Crippen LogP contribution in [0.2, 0.25) is 0 Å². The van der Waals surface area contributed by atoms with Crippen molar-refractivity contribution in [2.24, 2.45) is 0 Å². The number of aryl methyl sites for hydroxylation is 1. The largest absolute Gasteiger partial charge is 0.504 e.